The number of benzene rings is 1. The van der Waals surface area contributed by atoms with Gasteiger partial charge >= 0.3 is 12.1 Å². The monoisotopic (exact) mass is 481 g/mol. The number of rotatable bonds is 2. The summed E-state index contributed by atoms with van der Waals surface area (Å²) in [7, 11) is 0. The quantitative estimate of drug-likeness (QED) is 0.670. The molecule has 4 rings (SSSR count). The number of aromatic nitrogens is 2. The first-order chi connectivity index (χ1) is 16.0. The minimum absolute atomic E-state index is 0.151. The van der Waals surface area contributed by atoms with Crippen LogP contribution in [0.2, 0.25) is 0 Å². The maximum atomic E-state index is 13.2. The van der Waals surface area contributed by atoms with E-state index in [1.165, 1.54) is 0 Å². The molecule has 3 N–H and O–H groups in total. The molecule has 1 aromatic heterocycles. The molecule has 9 nitrogen and oxygen atoms in total. The molecular formula is C22H26F3N5O4. The molecule has 0 radical (unpaired) electrons. The highest BCUT2D eigenvalue weighted by molar-refractivity contribution is 5.91. The summed E-state index contributed by atoms with van der Waals surface area (Å²) >= 11 is 0. The van der Waals surface area contributed by atoms with Gasteiger partial charge in [0.05, 0.1) is 6.54 Å². The lowest BCUT2D eigenvalue weighted by Gasteiger charge is -2.23. The zero-order valence-corrected chi connectivity index (χ0v) is 18.8. The van der Waals surface area contributed by atoms with E-state index < -0.39 is 12.1 Å². The molecule has 184 valence electrons. The van der Waals surface area contributed by atoms with Gasteiger partial charge in [0.25, 0.3) is 5.91 Å². The Balaban J connectivity index is 0.000000406. The number of anilines is 1. The predicted molar refractivity (Wildman–Crippen MR) is 117 cm³/mol. The van der Waals surface area contributed by atoms with Gasteiger partial charge in [0.15, 0.2) is 0 Å². The Morgan fingerprint density at radius 2 is 1.85 bits per heavy atom. The summed E-state index contributed by atoms with van der Waals surface area (Å²) in [5.41, 5.74) is 8.89. The van der Waals surface area contributed by atoms with Gasteiger partial charge < -0.3 is 25.4 Å². The number of nitrogens with two attached hydrogens (primary N) is 1. The fourth-order valence-corrected chi connectivity index (χ4v) is 3.64. The number of fused-ring (bicyclic) bond motifs is 1. The van der Waals surface area contributed by atoms with Crippen LogP contribution in [0.4, 0.5) is 19.0 Å². The van der Waals surface area contributed by atoms with Crippen molar-refractivity contribution in [2.45, 2.75) is 39.0 Å². The van der Waals surface area contributed by atoms with Crippen LogP contribution in [0.1, 0.15) is 33.9 Å². The third kappa shape index (κ3) is 5.93. The van der Waals surface area contributed by atoms with Gasteiger partial charge in [-0.25, -0.2) is 14.8 Å². The topological polar surface area (TPSA) is 122 Å². The minimum atomic E-state index is -5.08. The van der Waals surface area contributed by atoms with Crippen molar-refractivity contribution in [1.29, 1.82) is 0 Å². The number of amides is 1. The molecule has 2 aliphatic heterocycles. The first-order valence-electron chi connectivity index (χ1n) is 10.6. The van der Waals surface area contributed by atoms with Crippen LogP contribution >= 0.6 is 0 Å². The lowest BCUT2D eigenvalue weighted by Crippen LogP contribution is -2.35. The van der Waals surface area contributed by atoms with Gasteiger partial charge in [-0.1, -0.05) is 18.2 Å². The zero-order chi connectivity index (χ0) is 25.0. The Kier molecular flexibility index (Phi) is 7.60. The molecule has 1 amide bonds. The van der Waals surface area contributed by atoms with Gasteiger partial charge in [0, 0.05) is 42.5 Å². The number of hydrogen-bond acceptors (Lipinski definition) is 7. The van der Waals surface area contributed by atoms with Crippen LogP contribution in [0, 0.1) is 13.8 Å². The number of hydrogen-bond donors (Lipinski definition) is 2. The number of nitrogens with zero attached hydrogens (tertiary/aromatic N) is 4. The molecule has 3 heterocycles. The van der Waals surface area contributed by atoms with Gasteiger partial charge in [-0.15, -0.1) is 0 Å². The molecule has 0 saturated carbocycles. The fraction of sp³-hybridized carbons (Fsp3) is 0.455. The summed E-state index contributed by atoms with van der Waals surface area (Å²) in [6.45, 7) is 7.00. The Morgan fingerprint density at radius 3 is 2.47 bits per heavy atom. The van der Waals surface area contributed by atoms with Crippen LogP contribution in [0.5, 0.6) is 5.75 Å². The van der Waals surface area contributed by atoms with E-state index in [0.29, 0.717) is 19.7 Å². The molecule has 0 spiro atoms. The number of carbonyl (C=O) groups excluding carboxylic acids is 1. The number of carboxylic acids is 1. The van der Waals surface area contributed by atoms with Gasteiger partial charge in [-0.2, -0.15) is 13.2 Å². The standard InChI is InChI=1S/C20H25N5O2.C2HF3O2/c1-13-14(2)22-18(23-19(13)24-8-7-16(21)12-24)20(26)25-9-10-27-17-6-4-3-5-15(17)11-25;3-2(4,5)1(6)7/h3-6,16H,7-12,21H2,1-2H3;(H,6,7)/t16-;/m1./s1. The van der Waals surface area contributed by atoms with Gasteiger partial charge in [0.2, 0.25) is 5.82 Å². The van der Waals surface area contributed by atoms with Crippen LogP contribution in [-0.2, 0) is 11.3 Å². The molecule has 1 fully saturated rings. The van der Waals surface area contributed by atoms with E-state index in [1.54, 1.807) is 4.90 Å². The SMILES string of the molecule is Cc1nc(C(=O)N2CCOc3ccccc3C2)nc(N2CC[C@@H](N)C2)c1C.O=C(O)C(F)(F)F. The number of halogens is 3. The van der Waals surface area contributed by atoms with Crippen molar-refractivity contribution >= 4 is 17.7 Å². The Bertz CT molecular complexity index is 1060. The average molecular weight is 481 g/mol. The van der Waals surface area contributed by atoms with Crippen molar-refractivity contribution in [2.75, 3.05) is 31.1 Å². The van der Waals surface area contributed by atoms with Crippen molar-refractivity contribution in [3.63, 3.8) is 0 Å². The maximum absolute atomic E-state index is 13.2. The smallest absolute Gasteiger partial charge is 0.490 e. The van der Waals surface area contributed by atoms with Crippen LogP contribution in [0.15, 0.2) is 24.3 Å². The van der Waals surface area contributed by atoms with Crippen LogP contribution in [0.25, 0.3) is 0 Å². The number of aryl methyl sites for hydroxylation is 1. The predicted octanol–water partition coefficient (Wildman–Crippen LogP) is 2.30. The molecule has 2 aromatic rings. The van der Waals surface area contributed by atoms with Crippen molar-refractivity contribution in [3.05, 3.63) is 46.9 Å². The number of para-hydroxylation sites is 1. The molecule has 12 heteroatoms. The third-order valence-corrected chi connectivity index (χ3v) is 5.56. The number of carboxylic acid groups (broad SMARTS) is 1. The Morgan fingerprint density at radius 1 is 1.18 bits per heavy atom. The summed E-state index contributed by atoms with van der Waals surface area (Å²) < 4.78 is 37.5. The lowest BCUT2D eigenvalue weighted by atomic mass is 10.2. The van der Waals surface area contributed by atoms with Crippen molar-refractivity contribution in [1.82, 2.24) is 14.9 Å². The minimum Gasteiger partial charge on any atom is -0.491 e. The fourth-order valence-electron chi connectivity index (χ4n) is 3.64. The van der Waals surface area contributed by atoms with Crippen molar-refractivity contribution < 1.29 is 32.6 Å². The van der Waals surface area contributed by atoms with E-state index in [9.17, 15) is 18.0 Å². The highest BCUT2D eigenvalue weighted by atomic mass is 19.4. The van der Waals surface area contributed by atoms with Crippen LogP contribution < -0.4 is 15.4 Å². The van der Waals surface area contributed by atoms with E-state index in [1.807, 2.05) is 38.1 Å². The summed E-state index contributed by atoms with van der Waals surface area (Å²) in [4.78, 5) is 35.1. The maximum Gasteiger partial charge on any atom is 0.490 e. The molecule has 2 aliphatic rings. The molecule has 34 heavy (non-hydrogen) atoms. The summed E-state index contributed by atoms with van der Waals surface area (Å²) in [6, 6.07) is 7.97. The number of ether oxygens (including phenoxy) is 1. The van der Waals surface area contributed by atoms with Crippen molar-refractivity contribution in [3.8, 4) is 5.75 Å². The molecule has 0 aliphatic carbocycles. The normalized spacial score (nSPS) is 17.8. The van der Waals surface area contributed by atoms with Gasteiger partial charge in [-0.3, -0.25) is 4.79 Å². The second-order valence-electron chi connectivity index (χ2n) is 8.06. The van der Waals surface area contributed by atoms with Crippen LogP contribution in [0.3, 0.4) is 0 Å². The first kappa shape index (κ1) is 25.2. The Hall–Kier alpha value is -3.41. The Labute approximate surface area is 194 Å². The third-order valence-electron chi connectivity index (χ3n) is 5.56. The molecule has 1 atom stereocenters. The highest BCUT2D eigenvalue weighted by Gasteiger charge is 2.38. The number of aliphatic carboxylic acids is 1. The molecular weight excluding hydrogens is 455 g/mol. The average Bonchev–Trinajstić information content (AvgIpc) is 3.09. The largest absolute Gasteiger partial charge is 0.491 e. The lowest BCUT2D eigenvalue weighted by molar-refractivity contribution is -0.192. The first-order valence-corrected chi connectivity index (χ1v) is 10.6. The molecule has 1 aromatic carbocycles. The highest BCUT2D eigenvalue weighted by Crippen LogP contribution is 2.26. The van der Waals surface area contributed by atoms with E-state index in [-0.39, 0.29) is 17.8 Å². The second kappa shape index (κ2) is 10.2. The number of alkyl halides is 3. The summed E-state index contributed by atoms with van der Waals surface area (Å²) in [6.07, 6.45) is -4.15. The number of carbonyl (C=O) groups is 2. The van der Waals surface area contributed by atoms with Gasteiger partial charge in [-0.05, 0) is 26.3 Å². The summed E-state index contributed by atoms with van der Waals surface area (Å²) in [5.74, 6) is -1.02. The van der Waals surface area contributed by atoms with Crippen molar-refractivity contribution in [2.24, 2.45) is 5.73 Å². The second-order valence-corrected chi connectivity index (χ2v) is 8.06. The van der Waals surface area contributed by atoms with Crippen LogP contribution in [-0.4, -0.2) is 70.3 Å². The zero-order valence-electron chi connectivity index (χ0n) is 18.8. The molecule has 0 bridgehead atoms. The molecule has 1 saturated heterocycles. The van der Waals surface area contributed by atoms with E-state index in [0.717, 1.165) is 47.9 Å². The van der Waals surface area contributed by atoms with Gasteiger partial charge in [0.1, 0.15) is 18.2 Å². The van der Waals surface area contributed by atoms with E-state index in [4.69, 9.17) is 20.4 Å². The summed E-state index contributed by atoms with van der Waals surface area (Å²) in [5, 5.41) is 7.12. The molecule has 0 unspecified atom stereocenters. The van der Waals surface area contributed by atoms with E-state index >= 15 is 0 Å². The van der Waals surface area contributed by atoms with E-state index in [2.05, 4.69) is 14.9 Å².